The van der Waals surface area contributed by atoms with Gasteiger partial charge in [-0.15, -0.1) is 11.6 Å². The van der Waals surface area contributed by atoms with Crippen LogP contribution in [0.4, 0.5) is 0 Å². The standard InChI is InChI=1S/C10H14ClN3O5/c11-1-3(16)6-5(12)7(14-13-6)10-9(18)8(17)4(2-15)19-10/h4,7-10,12,14-15,17-18H,1-2H2/t4-,7?,8-,9-,10+/m1/s1. The van der Waals surface area contributed by atoms with Gasteiger partial charge in [-0.1, -0.05) is 0 Å². The second-order valence-corrected chi connectivity index (χ2v) is 4.61. The van der Waals surface area contributed by atoms with Gasteiger partial charge in [0.15, 0.2) is 11.5 Å². The molecule has 2 heterocycles. The number of aliphatic hydroxyl groups is 3. The zero-order valence-electron chi connectivity index (χ0n) is 9.78. The summed E-state index contributed by atoms with van der Waals surface area (Å²) < 4.78 is 5.28. The van der Waals surface area contributed by atoms with Crippen LogP contribution < -0.4 is 5.43 Å². The molecule has 106 valence electrons. The van der Waals surface area contributed by atoms with Crippen LogP contribution >= 0.6 is 11.6 Å². The number of alkyl halides is 1. The number of halogens is 1. The van der Waals surface area contributed by atoms with Crippen molar-refractivity contribution in [1.82, 2.24) is 5.43 Å². The van der Waals surface area contributed by atoms with E-state index in [0.717, 1.165) is 0 Å². The molecular weight excluding hydrogens is 278 g/mol. The number of ketones is 1. The minimum atomic E-state index is -1.28. The summed E-state index contributed by atoms with van der Waals surface area (Å²) in [5.41, 5.74) is 2.25. The highest BCUT2D eigenvalue weighted by Crippen LogP contribution is 2.25. The lowest BCUT2D eigenvalue weighted by Gasteiger charge is -2.21. The summed E-state index contributed by atoms with van der Waals surface area (Å²) in [5, 5.41) is 40.0. The predicted molar refractivity (Wildman–Crippen MR) is 65.6 cm³/mol. The fraction of sp³-hybridized carbons (Fsp3) is 0.700. The van der Waals surface area contributed by atoms with Crippen LogP contribution in [0.25, 0.3) is 0 Å². The van der Waals surface area contributed by atoms with Gasteiger partial charge in [-0.05, 0) is 0 Å². The van der Waals surface area contributed by atoms with Crippen molar-refractivity contribution in [2.24, 2.45) is 5.10 Å². The Hall–Kier alpha value is -1.06. The maximum absolute atomic E-state index is 11.4. The maximum atomic E-state index is 11.4. The van der Waals surface area contributed by atoms with Gasteiger partial charge in [-0.25, -0.2) is 0 Å². The minimum absolute atomic E-state index is 0.113. The summed E-state index contributed by atoms with van der Waals surface area (Å²) >= 11 is 5.39. The molecule has 1 fully saturated rings. The quantitative estimate of drug-likeness (QED) is 0.367. The Morgan fingerprint density at radius 3 is 2.68 bits per heavy atom. The maximum Gasteiger partial charge on any atom is 0.199 e. The average Bonchev–Trinajstić information content (AvgIpc) is 2.91. The van der Waals surface area contributed by atoms with Gasteiger partial charge in [0.1, 0.15) is 30.5 Å². The largest absolute Gasteiger partial charge is 0.394 e. The van der Waals surface area contributed by atoms with Crippen LogP contribution in [0.2, 0.25) is 0 Å². The molecule has 0 saturated carbocycles. The highest BCUT2D eigenvalue weighted by atomic mass is 35.5. The lowest BCUT2D eigenvalue weighted by atomic mass is 9.97. The van der Waals surface area contributed by atoms with Crippen molar-refractivity contribution in [1.29, 1.82) is 5.41 Å². The first-order valence-electron chi connectivity index (χ1n) is 5.65. The van der Waals surface area contributed by atoms with Crippen molar-refractivity contribution in [3.8, 4) is 0 Å². The molecule has 2 rings (SSSR count). The first-order valence-corrected chi connectivity index (χ1v) is 6.18. The number of carbonyl (C=O) groups is 1. The predicted octanol–water partition coefficient (Wildman–Crippen LogP) is -2.38. The van der Waals surface area contributed by atoms with E-state index in [4.69, 9.17) is 26.9 Å². The normalized spacial score (nSPS) is 38.2. The SMILES string of the molecule is N=C1C(C(=O)CCl)=NNC1[C@@H]1O[C@H](CO)[C@@H](O)[C@H]1O. The minimum Gasteiger partial charge on any atom is -0.394 e. The molecule has 0 aromatic rings. The highest BCUT2D eigenvalue weighted by Gasteiger charge is 2.49. The molecule has 1 unspecified atom stereocenters. The number of carbonyl (C=O) groups excluding carboxylic acids is 1. The molecular formula is C10H14ClN3O5. The fourth-order valence-electron chi connectivity index (χ4n) is 2.12. The molecule has 0 spiro atoms. The van der Waals surface area contributed by atoms with Crippen molar-refractivity contribution in [2.45, 2.75) is 30.5 Å². The van der Waals surface area contributed by atoms with Crippen molar-refractivity contribution >= 4 is 28.8 Å². The zero-order chi connectivity index (χ0) is 14.2. The second-order valence-electron chi connectivity index (χ2n) is 4.34. The molecule has 0 aromatic carbocycles. The zero-order valence-corrected chi connectivity index (χ0v) is 10.5. The van der Waals surface area contributed by atoms with Crippen LogP contribution in [0, 0.1) is 5.41 Å². The van der Waals surface area contributed by atoms with Gasteiger partial charge in [-0.2, -0.15) is 5.10 Å². The van der Waals surface area contributed by atoms with E-state index in [2.05, 4.69) is 10.5 Å². The van der Waals surface area contributed by atoms with Gasteiger partial charge in [0.2, 0.25) is 0 Å². The van der Waals surface area contributed by atoms with E-state index >= 15 is 0 Å². The molecule has 0 aliphatic carbocycles. The Balaban J connectivity index is 2.10. The first kappa shape index (κ1) is 14.4. The van der Waals surface area contributed by atoms with Crippen molar-refractivity contribution < 1.29 is 24.9 Å². The van der Waals surface area contributed by atoms with Crippen LogP contribution in [0.15, 0.2) is 5.10 Å². The molecule has 0 bridgehead atoms. The summed E-state index contributed by atoms with van der Waals surface area (Å²) in [5.74, 6) is -0.806. The van der Waals surface area contributed by atoms with Crippen molar-refractivity contribution in [3.05, 3.63) is 0 Å². The van der Waals surface area contributed by atoms with Gasteiger partial charge in [-0.3, -0.25) is 10.2 Å². The topological polar surface area (TPSA) is 135 Å². The third-order valence-electron chi connectivity index (χ3n) is 3.17. The molecule has 0 aromatic heterocycles. The van der Waals surface area contributed by atoms with E-state index in [1.165, 1.54) is 0 Å². The Morgan fingerprint density at radius 1 is 1.47 bits per heavy atom. The van der Waals surface area contributed by atoms with Crippen LogP contribution in [0.5, 0.6) is 0 Å². The lowest BCUT2D eigenvalue weighted by molar-refractivity contribution is -0.110. The fourth-order valence-corrected chi connectivity index (χ4v) is 2.25. The summed E-state index contributed by atoms with van der Waals surface area (Å²) in [6.07, 6.45) is -4.43. The van der Waals surface area contributed by atoms with Crippen LogP contribution in [0.1, 0.15) is 0 Å². The average molecular weight is 292 g/mol. The van der Waals surface area contributed by atoms with E-state index in [0.29, 0.717) is 0 Å². The molecule has 0 radical (unpaired) electrons. The van der Waals surface area contributed by atoms with Gasteiger partial charge in [0, 0.05) is 0 Å². The number of Topliss-reactive ketones (excluding diaryl/α,β-unsaturated/α-hetero) is 1. The van der Waals surface area contributed by atoms with E-state index in [-0.39, 0.29) is 17.3 Å². The molecule has 9 heteroatoms. The Labute approximate surface area is 113 Å². The Morgan fingerprint density at radius 2 is 2.16 bits per heavy atom. The van der Waals surface area contributed by atoms with Crippen LogP contribution in [-0.2, 0) is 9.53 Å². The summed E-state index contributed by atoms with van der Waals surface area (Å²) in [7, 11) is 0. The third-order valence-corrected chi connectivity index (χ3v) is 3.42. The van der Waals surface area contributed by atoms with E-state index < -0.39 is 42.8 Å². The first-order chi connectivity index (χ1) is 9.01. The van der Waals surface area contributed by atoms with Gasteiger partial charge >= 0.3 is 0 Å². The van der Waals surface area contributed by atoms with Crippen molar-refractivity contribution in [3.63, 3.8) is 0 Å². The monoisotopic (exact) mass is 291 g/mol. The van der Waals surface area contributed by atoms with E-state index in [1.807, 2.05) is 0 Å². The molecule has 8 nitrogen and oxygen atoms in total. The number of hydrogen-bond donors (Lipinski definition) is 5. The summed E-state index contributed by atoms with van der Waals surface area (Å²) in [6.45, 7) is -0.455. The van der Waals surface area contributed by atoms with Gasteiger partial charge in [0.25, 0.3) is 0 Å². The smallest absolute Gasteiger partial charge is 0.199 e. The third kappa shape index (κ3) is 2.37. The molecule has 2 aliphatic rings. The number of hydrogen-bond acceptors (Lipinski definition) is 8. The number of hydrazone groups is 1. The molecule has 1 saturated heterocycles. The van der Waals surface area contributed by atoms with Crippen LogP contribution in [-0.4, -0.2) is 75.5 Å². The highest BCUT2D eigenvalue weighted by molar-refractivity contribution is 6.71. The number of ether oxygens (including phenoxy) is 1. The Bertz CT molecular complexity index is 429. The van der Waals surface area contributed by atoms with Gasteiger partial charge in [0.05, 0.1) is 18.2 Å². The summed E-state index contributed by atoms with van der Waals surface area (Å²) in [6, 6.07) is -0.858. The number of nitrogens with zero attached hydrogens (tertiary/aromatic N) is 1. The number of nitrogens with one attached hydrogen (secondary N) is 2. The molecule has 5 atom stereocenters. The summed E-state index contributed by atoms with van der Waals surface area (Å²) in [4.78, 5) is 11.4. The van der Waals surface area contributed by atoms with Crippen LogP contribution in [0.3, 0.4) is 0 Å². The molecule has 0 amide bonds. The number of aliphatic hydroxyl groups excluding tert-OH is 3. The lowest BCUT2D eigenvalue weighted by Crippen LogP contribution is -2.48. The number of rotatable bonds is 4. The van der Waals surface area contributed by atoms with Crippen molar-refractivity contribution in [2.75, 3.05) is 12.5 Å². The molecule has 19 heavy (non-hydrogen) atoms. The molecule has 5 N–H and O–H groups in total. The second kappa shape index (κ2) is 5.51. The van der Waals surface area contributed by atoms with Gasteiger partial charge < -0.3 is 25.5 Å². The Kier molecular flexibility index (Phi) is 4.16. The van der Waals surface area contributed by atoms with E-state index in [9.17, 15) is 15.0 Å². The van der Waals surface area contributed by atoms with E-state index in [1.54, 1.807) is 0 Å². The molecule has 2 aliphatic heterocycles.